The number of nitrogens with zero attached hydrogens (tertiary/aromatic N) is 4. The van der Waals surface area contributed by atoms with Crippen LogP contribution in [0, 0.1) is 0 Å². The van der Waals surface area contributed by atoms with Crippen LogP contribution < -0.4 is 5.32 Å². The summed E-state index contributed by atoms with van der Waals surface area (Å²) in [4.78, 5) is 36.6. The van der Waals surface area contributed by atoms with Crippen molar-refractivity contribution in [1.82, 2.24) is 25.0 Å². The molecular formula is C23H37N5O3. The molecule has 3 rings (SSSR count). The third-order valence-corrected chi connectivity index (χ3v) is 6.01. The first-order valence-electron chi connectivity index (χ1n) is 11.3. The largest absolute Gasteiger partial charge is 0.444 e. The number of rotatable bonds is 5. The van der Waals surface area contributed by atoms with E-state index in [2.05, 4.69) is 27.1 Å². The maximum absolute atomic E-state index is 13.3. The molecule has 0 aliphatic carbocycles. The van der Waals surface area contributed by atoms with Gasteiger partial charge in [0.2, 0.25) is 5.91 Å². The third kappa shape index (κ3) is 7.18. The fourth-order valence-electron chi connectivity index (χ4n) is 4.29. The Morgan fingerprint density at radius 2 is 1.71 bits per heavy atom. The summed E-state index contributed by atoms with van der Waals surface area (Å²) in [7, 11) is 2.17. The lowest BCUT2D eigenvalue weighted by Gasteiger charge is -2.42. The van der Waals surface area contributed by atoms with Crippen molar-refractivity contribution in [2.75, 3.05) is 46.3 Å². The summed E-state index contributed by atoms with van der Waals surface area (Å²) in [6.07, 6.45) is 5.63. The Morgan fingerprint density at radius 1 is 1.10 bits per heavy atom. The molecular weight excluding hydrogens is 394 g/mol. The Bertz CT molecular complexity index is 720. The highest BCUT2D eigenvalue weighted by Gasteiger charge is 2.32. The maximum Gasteiger partial charge on any atom is 0.408 e. The SMILES string of the molecule is CN1CCC(N2CCN(C(=O)[C@@H](Cc3ccncc3)NC(=O)OC(C)(C)C)CC2)CC1. The summed E-state index contributed by atoms with van der Waals surface area (Å²) in [5.41, 5.74) is 0.336. The molecule has 8 nitrogen and oxygen atoms in total. The number of nitrogens with one attached hydrogen (secondary N) is 1. The lowest BCUT2D eigenvalue weighted by Crippen LogP contribution is -2.58. The summed E-state index contributed by atoms with van der Waals surface area (Å²) in [5, 5.41) is 2.81. The van der Waals surface area contributed by atoms with Gasteiger partial charge in [-0.15, -0.1) is 0 Å². The maximum atomic E-state index is 13.3. The number of ether oxygens (including phenoxy) is 1. The van der Waals surface area contributed by atoms with E-state index in [1.807, 2.05) is 37.8 Å². The van der Waals surface area contributed by atoms with E-state index in [9.17, 15) is 9.59 Å². The quantitative estimate of drug-likeness (QED) is 0.766. The van der Waals surface area contributed by atoms with Gasteiger partial charge in [-0.2, -0.15) is 0 Å². The van der Waals surface area contributed by atoms with Gasteiger partial charge in [-0.3, -0.25) is 14.7 Å². The average Bonchev–Trinajstić information content (AvgIpc) is 2.73. The highest BCUT2D eigenvalue weighted by molar-refractivity contribution is 5.86. The summed E-state index contributed by atoms with van der Waals surface area (Å²) in [6, 6.07) is 3.69. The molecule has 8 heteroatoms. The predicted octanol–water partition coefficient (Wildman–Crippen LogP) is 1.76. The van der Waals surface area contributed by atoms with Crippen molar-refractivity contribution in [1.29, 1.82) is 0 Å². The molecule has 1 aromatic heterocycles. The van der Waals surface area contributed by atoms with Crippen molar-refractivity contribution in [2.45, 2.75) is 57.7 Å². The van der Waals surface area contributed by atoms with Crippen molar-refractivity contribution < 1.29 is 14.3 Å². The smallest absolute Gasteiger partial charge is 0.408 e. The highest BCUT2D eigenvalue weighted by Crippen LogP contribution is 2.18. The van der Waals surface area contributed by atoms with Crippen LogP contribution in [0.4, 0.5) is 4.79 Å². The lowest BCUT2D eigenvalue weighted by molar-refractivity contribution is -0.135. The molecule has 172 valence electrons. The molecule has 0 radical (unpaired) electrons. The molecule has 0 bridgehead atoms. The van der Waals surface area contributed by atoms with Gasteiger partial charge in [0.15, 0.2) is 0 Å². The van der Waals surface area contributed by atoms with Crippen LogP contribution in [-0.4, -0.2) is 95.7 Å². The summed E-state index contributed by atoms with van der Waals surface area (Å²) >= 11 is 0. The molecule has 0 unspecified atom stereocenters. The van der Waals surface area contributed by atoms with Gasteiger partial charge in [0, 0.05) is 51.0 Å². The molecule has 3 heterocycles. The second kappa shape index (κ2) is 10.4. The number of piperazine rings is 1. The molecule has 31 heavy (non-hydrogen) atoms. The normalized spacial score (nSPS) is 20.3. The van der Waals surface area contributed by atoms with Crippen molar-refractivity contribution >= 4 is 12.0 Å². The molecule has 0 aromatic carbocycles. The number of hydrogen-bond acceptors (Lipinski definition) is 6. The van der Waals surface area contributed by atoms with E-state index in [1.54, 1.807) is 12.4 Å². The Balaban J connectivity index is 1.60. The van der Waals surface area contributed by atoms with Crippen LogP contribution >= 0.6 is 0 Å². The fraction of sp³-hybridized carbons (Fsp3) is 0.696. The Hall–Kier alpha value is -2.19. The topological polar surface area (TPSA) is 78.0 Å². The van der Waals surface area contributed by atoms with E-state index in [0.717, 1.165) is 31.7 Å². The summed E-state index contributed by atoms with van der Waals surface area (Å²) < 4.78 is 5.40. The minimum Gasteiger partial charge on any atom is -0.444 e. The zero-order chi connectivity index (χ0) is 22.4. The molecule has 1 atom stereocenters. The second-order valence-electron chi connectivity index (χ2n) is 9.65. The van der Waals surface area contributed by atoms with Crippen LogP contribution in [0.3, 0.4) is 0 Å². The summed E-state index contributed by atoms with van der Waals surface area (Å²) in [5.74, 6) is -0.0503. The zero-order valence-corrected chi connectivity index (χ0v) is 19.3. The van der Waals surface area contributed by atoms with Crippen molar-refractivity contribution in [3.63, 3.8) is 0 Å². The number of alkyl carbamates (subject to hydrolysis) is 1. The predicted molar refractivity (Wildman–Crippen MR) is 120 cm³/mol. The van der Waals surface area contributed by atoms with Crippen molar-refractivity contribution in [2.24, 2.45) is 0 Å². The van der Waals surface area contributed by atoms with E-state index < -0.39 is 17.7 Å². The van der Waals surface area contributed by atoms with E-state index in [0.29, 0.717) is 25.6 Å². The number of amides is 2. The number of carbonyl (C=O) groups excluding carboxylic acids is 2. The first-order chi connectivity index (χ1) is 14.7. The minimum absolute atomic E-state index is 0.0503. The van der Waals surface area contributed by atoms with Crippen LogP contribution in [-0.2, 0) is 16.0 Å². The van der Waals surface area contributed by atoms with Crippen LogP contribution in [0.25, 0.3) is 0 Å². The molecule has 2 aliphatic heterocycles. The van der Waals surface area contributed by atoms with Gasteiger partial charge < -0.3 is 19.9 Å². The van der Waals surface area contributed by atoms with Gasteiger partial charge in [-0.1, -0.05) is 0 Å². The molecule has 2 amide bonds. The van der Waals surface area contributed by atoms with Gasteiger partial charge >= 0.3 is 6.09 Å². The van der Waals surface area contributed by atoms with E-state index in [4.69, 9.17) is 4.74 Å². The summed E-state index contributed by atoms with van der Waals surface area (Å²) in [6.45, 7) is 10.9. The van der Waals surface area contributed by atoms with Gasteiger partial charge in [-0.25, -0.2) is 4.79 Å². The lowest BCUT2D eigenvalue weighted by atomic mass is 10.0. The highest BCUT2D eigenvalue weighted by atomic mass is 16.6. The Kier molecular flexibility index (Phi) is 7.89. The van der Waals surface area contributed by atoms with Crippen LogP contribution in [0.1, 0.15) is 39.2 Å². The van der Waals surface area contributed by atoms with Crippen molar-refractivity contribution in [3.8, 4) is 0 Å². The van der Waals surface area contributed by atoms with Gasteiger partial charge in [-0.05, 0) is 71.4 Å². The number of piperidine rings is 1. The number of likely N-dealkylation sites (tertiary alicyclic amines) is 1. The first kappa shape index (κ1) is 23.5. The molecule has 1 N–H and O–H groups in total. The minimum atomic E-state index is -0.660. The van der Waals surface area contributed by atoms with Crippen LogP contribution in [0.2, 0.25) is 0 Å². The molecule has 2 aliphatic rings. The monoisotopic (exact) mass is 431 g/mol. The first-order valence-corrected chi connectivity index (χ1v) is 11.3. The van der Waals surface area contributed by atoms with E-state index in [-0.39, 0.29) is 5.91 Å². The Morgan fingerprint density at radius 3 is 2.29 bits per heavy atom. The zero-order valence-electron chi connectivity index (χ0n) is 19.3. The fourth-order valence-corrected chi connectivity index (χ4v) is 4.29. The molecule has 1 aromatic rings. The second-order valence-corrected chi connectivity index (χ2v) is 9.65. The number of hydrogen-bond donors (Lipinski definition) is 1. The Labute approximate surface area is 185 Å². The van der Waals surface area contributed by atoms with Gasteiger partial charge in [0.25, 0.3) is 0 Å². The number of carbonyl (C=O) groups is 2. The van der Waals surface area contributed by atoms with Crippen molar-refractivity contribution in [3.05, 3.63) is 30.1 Å². The number of pyridine rings is 1. The average molecular weight is 432 g/mol. The molecule has 0 spiro atoms. The van der Waals surface area contributed by atoms with Crippen LogP contribution in [0.5, 0.6) is 0 Å². The molecule has 2 saturated heterocycles. The van der Waals surface area contributed by atoms with Gasteiger partial charge in [0.05, 0.1) is 0 Å². The van der Waals surface area contributed by atoms with Crippen LogP contribution in [0.15, 0.2) is 24.5 Å². The number of aromatic nitrogens is 1. The standard InChI is InChI=1S/C23H37N5O3/c1-23(2,3)31-22(30)25-20(17-18-5-9-24-10-6-18)21(29)28-15-13-27(14-16-28)19-7-11-26(4)12-8-19/h5-6,9-10,19-20H,7-8,11-17H2,1-4H3,(H,25,30)/t20-/m1/s1. The molecule has 0 saturated carbocycles. The third-order valence-electron chi connectivity index (χ3n) is 6.01. The van der Waals surface area contributed by atoms with E-state index in [1.165, 1.54) is 12.8 Å². The van der Waals surface area contributed by atoms with Gasteiger partial charge in [0.1, 0.15) is 11.6 Å². The molecule has 2 fully saturated rings. The van der Waals surface area contributed by atoms with E-state index >= 15 is 0 Å².